The lowest BCUT2D eigenvalue weighted by Crippen LogP contribution is -2.47. The molecule has 0 aromatic heterocycles. The maximum absolute atomic E-state index is 5.50. The third kappa shape index (κ3) is 7.61. The van der Waals surface area contributed by atoms with Crippen molar-refractivity contribution in [2.75, 3.05) is 46.4 Å². The van der Waals surface area contributed by atoms with Crippen molar-refractivity contribution in [3.8, 4) is 0 Å². The molecule has 120 valence electrons. The summed E-state index contributed by atoms with van der Waals surface area (Å²) in [7, 11) is 1.81. The summed E-state index contributed by atoms with van der Waals surface area (Å²) in [6.45, 7) is 18.7. The van der Waals surface area contributed by atoms with E-state index in [0.29, 0.717) is 5.41 Å². The van der Waals surface area contributed by atoms with Gasteiger partial charge in [-0.2, -0.15) is 0 Å². The molecule has 0 unspecified atom stereocenters. The van der Waals surface area contributed by atoms with Crippen LogP contribution in [0.3, 0.4) is 0 Å². The van der Waals surface area contributed by atoms with E-state index in [9.17, 15) is 0 Å². The van der Waals surface area contributed by atoms with Gasteiger partial charge >= 0.3 is 0 Å². The van der Waals surface area contributed by atoms with E-state index in [0.717, 1.165) is 13.0 Å². The average Bonchev–Trinajstić information content (AvgIpc) is 2.36. The number of hydrogen-bond acceptors (Lipinski definition) is 3. The van der Waals surface area contributed by atoms with Crippen molar-refractivity contribution in [1.82, 2.24) is 9.80 Å². The fraction of sp³-hybridized carbons (Fsp3) is 1.00. The van der Waals surface area contributed by atoms with Crippen LogP contribution in [0, 0.1) is 5.41 Å². The van der Waals surface area contributed by atoms with Gasteiger partial charge in [0, 0.05) is 39.8 Å². The molecule has 1 aliphatic rings. The first-order valence-electron chi connectivity index (χ1n) is 8.22. The summed E-state index contributed by atoms with van der Waals surface area (Å²) in [5, 5.41) is 0. The third-order valence-corrected chi connectivity index (χ3v) is 4.45. The first-order valence-corrected chi connectivity index (χ1v) is 8.22. The highest BCUT2D eigenvalue weighted by Crippen LogP contribution is 2.21. The minimum Gasteiger partial charge on any atom is -0.379 e. The molecule has 3 nitrogen and oxygen atoms in total. The van der Waals surface area contributed by atoms with Gasteiger partial charge in [0.05, 0.1) is 5.60 Å². The molecule has 0 atom stereocenters. The summed E-state index contributed by atoms with van der Waals surface area (Å²) >= 11 is 0. The zero-order chi connectivity index (χ0) is 15.2. The average molecular weight is 284 g/mol. The quantitative estimate of drug-likeness (QED) is 0.714. The van der Waals surface area contributed by atoms with Crippen molar-refractivity contribution in [2.45, 2.75) is 59.5 Å². The van der Waals surface area contributed by atoms with Crippen molar-refractivity contribution in [3.05, 3.63) is 0 Å². The highest BCUT2D eigenvalue weighted by molar-refractivity contribution is 4.76. The van der Waals surface area contributed by atoms with Crippen LogP contribution in [0.1, 0.15) is 53.9 Å². The van der Waals surface area contributed by atoms with Gasteiger partial charge in [0.25, 0.3) is 0 Å². The Bertz CT molecular complexity index is 263. The van der Waals surface area contributed by atoms with Crippen molar-refractivity contribution in [1.29, 1.82) is 0 Å². The Morgan fingerprint density at radius 3 is 1.75 bits per heavy atom. The van der Waals surface area contributed by atoms with E-state index >= 15 is 0 Å². The monoisotopic (exact) mass is 284 g/mol. The Morgan fingerprint density at radius 2 is 1.30 bits per heavy atom. The van der Waals surface area contributed by atoms with Crippen LogP contribution in [-0.2, 0) is 4.74 Å². The minimum atomic E-state index is 0.0177. The maximum Gasteiger partial charge on any atom is 0.0634 e. The van der Waals surface area contributed by atoms with Gasteiger partial charge in [0.15, 0.2) is 0 Å². The zero-order valence-electron chi connectivity index (χ0n) is 14.7. The number of hydrogen-bond donors (Lipinski definition) is 0. The first kappa shape index (κ1) is 17.9. The van der Waals surface area contributed by atoms with Crippen LogP contribution >= 0.6 is 0 Å². The van der Waals surface area contributed by atoms with E-state index < -0.39 is 0 Å². The van der Waals surface area contributed by atoms with Gasteiger partial charge in [0.1, 0.15) is 0 Å². The smallest absolute Gasteiger partial charge is 0.0634 e. The van der Waals surface area contributed by atoms with Crippen LogP contribution in [0.2, 0.25) is 0 Å². The number of methoxy groups -OCH3 is 1. The van der Waals surface area contributed by atoms with Gasteiger partial charge in [-0.3, -0.25) is 0 Å². The molecule has 0 spiro atoms. The van der Waals surface area contributed by atoms with E-state index in [1.807, 2.05) is 7.11 Å². The molecule has 1 aliphatic heterocycles. The molecule has 1 heterocycles. The van der Waals surface area contributed by atoms with Gasteiger partial charge in [-0.25, -0.2) is 0 Å². The second-order valence-corrected chi connectivity index (χ2v) is 8.06. The topological polar surface area (TPSA) is 15.7 Å². The van der Waals surface area contributed by atoms with Crippen LogP contribution in [-0.4, -0.2) is 61.8 Å². The Balaban J connectivity index is 2.14. The molecular formula is C17H36N2O. The van der Waals surface area contributed by atoms with Crippen molar-refractivity contribution in [2.24, 2.45) is 5.41 Å². The largest absolute Gasteiger partial charge is 0.379 e. The summed E-state index contributed by atoms with van der Waals surface area (Å²) in [5.74, 6) is 0. The fourth-order valence-corrected chi connectivity index (χ4v) is 2.60. The molecular weight excluding hydrogens is 248 g/mol. The lowest BCUT2D eigenvalue weighted by molar-refractivity contribution is 0.00324. The lowest BCUT2D eigenvalue weighted by atomic mass is 9.90. The number of nitrogens with zero attached hydrogens (tertiary/aromatic N) is 2. The zero-order valence-corrected chi connectivity index (χ0v) is 14.7. The predicted octanol–water partition coefficient (Wildman–Crippen LogP) is 3.25. The molecule has 0 aromatic rings. The number of piperazine rings is 1. The highest BCUT2D eigenvalue weighted by atomic mass is 16.5. The molecule has 0 radical (unpaired) electrons. The molecule has 1 rings (SSSR count). The fourth-order valence-electron chi connectivity index (χ4n) is 2.60. The van der Waals surface area contributed by atoms with E-state index in [4.69, 9.17) is 4.74 Å². The second-order valence-electron chi connectivity index (χ2n) is 8.06. The molecule has 0 saturated carbocycles. The molecule has 0 aromatic carbocycles. The van der Waals surface area contributed by atoms with Crippen molar-refractivity contribution in [3.63, 3.8) is 0 Å². The van der Waals surface area contributed by atoms with Gasteiger partial charge in [0.2, 0.25) is 0 Å². The van der Waals surface area contributed by atoms with E-state index in [-0.39, 0.29) is 5.60 Å². The van der Waals surface area contributed by atoms with Crippen molar-refractivity contribution < 1.29 is 4.74 Å². The van der Waals surface area contributed by atoms with Crippen LogP contribution in [0.5, 0.6) is 0 Å². The molecule has 0 aliphatic carbocycles. The summed E-state index contributed by atoms with van der Waals surface area (Å²) in [6, 6.07) is 0. The van der Waals surface area contributed by atoms with E-state index in [1.54, 1.807) is 0 Å². The number of ether oxygens (including phenoxy) is 1. The number of rotatable bonds is 7. The molecule has 20 heavy (non-hydrogen) atoms. The molecule has 3 heteroatoms. The van der Waals surface area contributed by atoms with Crippen LogP contribution in [0.15, 0.2) is 0 Å². The van der Waals surface area contributed by atoms with Gasteiger partial charge < -0.3 is 14.5 Å². The summed E-state index contributed by atoms with van der Waals surface area (Å²) < 4.78 is 5.50. The van der Waals surface area contributed by atoms with E-state index in [1.165, 1.54) is 45.6 Å². The van der Waals surface area contributed by atoms with Crippen LogP contribution in [0.25, 0.3) is 0 Å². The van der Waals surface area contributed by atoms with Crippen molar-refractivity contribution >= 4 is 0 Å². The lowest BCUT2D eigenvalue weighted by Gasteiger charge is -2.36. The van der Waals surface area contributed by atoms with Gasteiger partial charge in [-0.15, -0.1) is 0 Å². The molecule has 0 bridgehead atoms. The summed E-state index contributed by atoms with van der Waals surface area (Å²) in [6.07, 6.45) is 3.78. The Hall–Kier alpha value is -0.120. The third-order valence-electron chi connectivity index (χ3n) is 4.45. The van der Waals surface area contributed by atoms with Crippen LogP contribution < -0.4 is 0 Å². The standard InChI is InChI=1S/C17H36N2O/c1-16(2,3)8-7-10-18-12-14-19(15-13-18)11-9-17(4,5)20-6/h7-15H2,1-6H3. The highest BCUT2D eigenvalue weighted by Gasteiger charge is 2.21. The molecule has 1 saturated heterocycles. The second kappa shape index (κ2) is 7.77. The maximum atomic E-state index is 5.50. The Kier molecular flexibility index (Phi) is 6.96. The van der Waals surface area contributed by atoms with Gasteiger partial charge in [-0.05, 0) is 45.1 Å². The van der Waals surface area contributed by atoms with Crippen LogP contribution in [0.4, 0.5) is 0 Å². The Morgan fingerprint density at radius 1 is 0.800 bits per heavy atom. The molecule has 0 N–H and O–H groups in total. The summed E-state index contributed by atoms with van der Waals surface area (Å²) in [5.41, 5.74) is 0.497. The van der Waals surface area contributed by atoms with Gasteiger partial charge in [-0.1, -0.05) is 20.8 Å². The van der Waals surface area contributed by atoms with E-state index in [2.05, 4.69) is 44.4 Å². The predicted molar refractivity (Wildman–Crippen MR) is 87.3 cm³/mol. The SMILES string of the molecule is COC(C)(C)CCN1CCN(CCCC(C)(C)C)CC1. The summed E-state index contributed by atoms with van der Waals surface area (Å²) in [4.78, 5) is 5.21. The minimum absolute atomic E-state index is 0.0177. The normalized spacial score (nSPS) is 19.5. The Labute approximate surface area is 126 Å². The first-order chi connectivity index (χ1) is 9.22. The molecule has 1 fully saturated rings. The molecule has 0 amide bonds.